The molecular weight excluding hydrogens is 684 g/mol. The second kappa shape index (κ2) is 29.5. The van der Waals surface area contributed by atoms with E-state index in [1.807, 2.05) is 64.3 Å². The molecule has 0 N–H and O–H groups in total. The van der Waals surface area contributed by atoms with E-state index in [1.54, 1.807) is 9.80 Å². The third-order valence-electron chi connectivity index (χ3n) is 9.73. The lowest BCUT2D eigenvalue weighted by Crippen LogP contribution is -2.33. The molecule has 0 saturated heterocycles. The molecule has 10 nitrogen and oxygen atoms in total. The fourth-order valence-corrected chi connectivity index (χ4v) is 6.35. The van der Waals surface area contributed by atoms with Crippen molar-refractivity contribution in [1.82, 2.24) is 9.80 Å². The highest BCUT2D eigenvalue weighted by atomic mass is 16.5. The van der Waals surface area contributed by atoms with Gasteiger partial charge in [-0.05, 0) is 62.4 Å². The van der Waals surface area contributed by atoms with E-state index in [0.717, 1.165) is 87.8 Å². The van der Waals surface area contributed by atoms with Crippen LogP contribution in [0.1, 0.15) is 142 Å². The van der Waals surface area contributed by atoms with Gasteiger partial charge in [0.25, 0.3) is 11.8 Å². The highest BCUT2D eigenvalue weighted by Crippen LogP contribution is 2.33. The molecular formula is C44H70N2O8. The van der Waals surface area contributed by atoms with Gasteiger partial charge in [-0.1, -0.05) is 114 Å². The number of carbonyl (C=O) groups is 4. The predicted octanol–water partition coefficient (Wildman–Crippen LogP) is 9.44. The number of carbonyl (C=O) groups excluding carboxylic acids is 4. The fraction of sp³-hybridized carbons (Fsp3) is 0.682. The molecule has 304 valence electrons. The fourth-order valence-electron chi connectivity index (χ4n) is 6.35. The average Bonchev–Trinajstić information content (AvgIpc) is 3.16. The maximum atomic E-state index is 12.9. The molecule has 0 aliphatic heterocycles. The molecule has 0 spiro atoms. The summed E-state index contributed by atoms with van der Waals surface area (Å²) >= 11 is 0. The van der Waals surface area contributed by atoms with Gasteiger partial charge in [0.15, 0.2) is 24.7 Å². The highest BCUT2D eigenvalue weighted by Gasteiger charge is 2.16. The number of unbranched alkanes of at least 4 members (excludes halogenated alkanes) is 16. The standard InChI is InChI=1S/C44H70N2O8/c1-5-51-43(49)29-21-17-13-9-7-11-15-19-25-31-45(3)41(47)35-53-39-33-37-27-23-24-28-38(37)34-40(39)54-36-42(48)46(4)32-26-20-16-12-8-10-14-18-22-30-44(50)52-6-2/h23-24,27-28,33-34H,5-22,25-26,29-32,35-36H2,1-4H3. The summed E-state index contributed by atoms with van der Waals surface area (Å²) in [5.41, 5.74) is 0. The summed E-state index contributed by atoms with van der Waals surface area (Å²) in [7, 11) is 3.63. The largest absolute Gasteiger partial charge is 0.480 e. The second-order valence-corrected chi connectivity index (χ2v) is 14.3. The number of likely N-dealkylation sites (N-methyl/N-ethyl adjacent to an activating group) is 2. The van der Waals surface area contributed by atoms with Crippen LogP contribution in [0.5, 0.6) is 11.5 Å². The average molecular weight is 755 g/mol. The van der Waals surface area contributed by atoms with Crippen molar-refractivity contribution in [1.29, 1.82) is 0 Å². The lowest BCUT2D eigenvalue weighted by molar-refractivity contribution is -0.144. The number of nitrogens with zero attached hydrogens (tertiary/aromatic N) is 2. The van der Waals surface area contributed by atoms with Crippen LogP contribution in [0, 0.1) is 0 Å². The molecule has 0 saturated carbocycles. The molecule has 2 aromatic rings. The van der Waals surface area contributed by atoms with Crippen molar-refractivity contribution in [2.75, 3.05) is 53.6 Å². The number of esters is 2. The van der Waals surface area contributed by atoms with Gasteiger partial charge in [-0.15, -0.1) is 0 Å². The van der Waals surface area contributed by atoms with Gasteiger partial charge in [-0.25, -0.2) is 0 Å². The second-order valence-electron chi connectivity index (χ2n) is 14.3. The zero-order valence-corrected chi connectivity index (χ0v) is 34.0. The Morgan fingerprint density at radius 1 is 0.481 bits per heavy atom. The molecule has 0 fully saturated rings. The summed E-state index contributed by atoms with van der Waals surface area (Å²) in [6.45, 7) is 5.72. The third-order valence-corrected chi connectivity index (χ3v) is 9.73. The van der Waals surface area contributed by atoms with Crippen molar-refractivity contribution in [3.63, 3.8) is 0 Å². The number of hydrogen-bond donors (Lipinski definition) is 0. The summed E-state index contributed by atoms with van der Waals surface area (Å²) in [6.07, 6.45) is 20.8. The number of fused-ring (bicyclic) bond motifs is 1. The Bertz CT molecular complexity index is 1250. The van der Waals surface area contributed by atoms with Crippen molar-refractivity contribution in [3.05, 3.63) is 36.4 Å². The van der Waals surface area contributed by atoms with E-state index in [9.17, 15) is 19.2 Å². The predicted molar refractivity (Wildman–Crippen MR) is 216 cm³/mol. The molecule has 0 aromatic heterocycles. The number of benzene rings is 2. The summed E-state index contributed by atoms with van der Waals surface area (Å²) < 4.78 is 22.0. The van der Waals surface area contributed by atoms with Gasteiger partial charge in [0.1, 0.15) is 0 Å². The summed E-state index contributed by atoms with van der Waals surface area (Å²) in [6, 6.07) is 11.6. The Morgan fingerprint density at radius 2 is 0.796 bits per heavy atom. The number of amides is 2. The molecule has 2 amide bonds. The van der Waals surface area contributed by atoms with Crippen LogP contribution in [0.4, 0.5) is 0 Å². The summed E-state index contributed by atoms with van der Waals surface area (Å²) in [5, 5.41) is 1.93. The first-order valence-electron chi connectivity index (χ1n) is 20.8. The quantitative estimate of drug-likeness (QED) is 0.0537. The minimum absolute atomic E-state index is 0.0925. The maximum absolute atomic E-state index is 12.9. The minimum atomic E-state index is -0.106. The Balaban J connectivity index is 1.64. The van der Waals surface area contributed by atoms with Crippen molar-refractivity contribution in [2.24, 2.45) is 0 Å². The molecule has 2 rings (SSSR count). The van der Waals surface area contributed by atoms with Gasteiger partial charge in [0.2, 0.25) is 0 Å². The first-order valence-corrected chi connectivity index (χ1v) is 20.8. The van der Waals surface area contributed by atoms with Gasteiger partial charge >= 0.3 is 11.9 Å². The van der Waals surface area contributed by atoms with Gasteiger partial charge in [-0.2, -0.15) is 0 Å². The molecule has 10 heteroatoms. The van der Waals surface area contributed by atoms with Crippen molar-refractivity contribution in [3.8, 4) is 11.5 Å². The molecule has 0 bridgehead atoms. The normalized spacial score (nSPS) is 11.0. The lowest BCUT2D eigenvalue weighted by Gasteiger charge is -2.20. The first kappa shape index (κ1) is 46.3. The highest BCUT2D eigenvalue weighted by molar-refractivity contribution is 5.86. The molecule has 0 aliphatic rings. The van der Waals surface area contributed by atoms with E-state index in [1.165, 1.54) is 38.5 Å². The monoisotopic (exact) mass is 755 g/mol. The minimum Gasteiger partial charge on any atom is -0.480 e. The Hall–Kier alpha value is -3.82. The van der Waals surface area contributed by atoms with Crippen LogP contribution in [0.3, 0.4) is 0 Å². The topological polar surface area (TPSA) is 112 Å². The van der Waals surface area contributed by atoms with Crippen LogP contribution in [0.25, 0.3) is 10.8 Å². The molecule has 54 heavy (non-hydrogen) atoms. The SMILES string of the molecule is CCOC(=O)CCCCCCCCCCCN(C)C(=O)COc1cc2ccccc2cc1OCC(=O)N(C)CCCCCCCCCCCC(=O)OCC. The van der Waals surface area contributed by atoms with Gasteiger partial charge in [0.05, 0.1) is 13.2 Å². The number of rotatable bonds is 32. The van der Waals surface area contributed by atoms with Crippen LogP contribution in [-0.4, -0.2) is 87.2 Å². The van der Waals surface area contributed by atoms with Crippen LogP contribution < -0.4 is 9.47 Å². The van der Waals surface area contributed by atoms with Crippen LogP contribution >= 0.6 is 0 Å². The van der Waals surface area contributed by atoms with Crippen molar-refractivity contribution in [2.45, 2.75) is 142 Å². The first-order chi connectivity index (χ1) is 26.2. The number of ether oxygens (including phenoxy) is 4. The lowest BCUT2D eigenvalue weighted by atomic mass is 10.1. The van der Waals surface area contributed by atoms with Crippen LogP contribution in [0.15, 0.2) is 36.4 Å². The molecule has 0 atom stereocenters. The van der Waals surface area contributed by atoms with E-state index in [2.05, 4.69) is 0 Å². The Labute approximate surface area is 325 Å². The third kappa shape index (κ3) is 21.2. The smallest absolute Gasteiger partial charge is 0.305 e. The molecule has 2 aromatic carbocycles. The van der Waals surface area contributed by atoms with E-state index in [0.29, 0.717) is 50.6 Å². The molecule has 0 heterocycles. The molecule has 0 unspecified atom stereocenters. The van der Waals surface area contributed by atoms with E-state index >= 15 is 0 Å². The summed E-state index contributed by atoms with van der Waals surface area (Å²) in [5.74, 6) is 0.518. The van der Waals surface area contributed by atoms with Gasteiger partial charge < -0.3 is 28.7 Å². The Kier molecular flexibility index (Phi) is 25.3. The van der Waals surface area contributed by atoms with Crippen LogP contribution in [-0.2, 0) is 28.7 Å². The Morgan fingerprint density at radius 3 is 1.13 bits per heavy atom. The molecule has 0 radical (unpaired) electrons. The maximum Gasteiger partial charge on any atom is 0.305 e. The molecule has 0 aliphatic carbocycles. The zero-order chi connectivity index (χ0) is 39.2. The van der Waals surface area contributed by atoms with Crippen molar-refractivity contribution < 1.29 is 38.1 Å². The summed E-state index contributed by atoms with van der Waals surface area (Å²) in [4.78, 5) is 52.1. The van der Waals surface area contributed by atoms with E-state index in [-0.39, 0.29) is 37.0 Å². The van der Waals surface area contributed by atoms with Gasteiger partial charge in [-0.3, -0.25) is 19.2 Å². The number of hydrogen-bond acceptors (Lipinski definition) is 8. The van der Waals surface area contributed by atoms with Gasteiger partial charge in [0, 0.05) is 40.0 Å². The van der Waals surface area contributed by atoms with E-state index < -0.39 is 0 Å². The van der Waals surface area contributed by atoms with E-state index in [4.69, 9.17) is 18.9 Å². The van der Waals surface area contributed by atoms with Crippen LogP contribution in [0.2, 0.25) is 0 Å². The van der Waals surface area contributed by atoms with Crippen molar-refractivity contribution >= 4 is 34.5 Å². The zero-order valence-electron chi connectivity index (χ0n) is 34.0.